The summed E-state index contributed by atoms with van der Waals surface area (Å²) in [6, 6.07) is 13.1. The van der Waals surface area contributed by atoms with Gasteiger partial charge in [-0.15, -0.1) is 10.2 Å². The van der Waals surface area contributed by atoms with E-state index >= 15 is 0 Å². The minimum Gasteiger partial charge on any atom is -0.471 e. The molecule has 8 nitrogen and oxygen atoms in total. The molecule has 1 aromatic carbocycles. The van der Waals surface area contributed by atoms with Gasteiger partial charge in [-0.3, -0.25) is 9.20 Å². The summed E-state index contributed by atoms with van der Waals surface area (Å²) in [5, 5.41) is 15.3. The molecule has 3 heterocycles. The first-order valence-electron chi connectivity index (χ1n) is 9.18. The summed E-state index contributed by atoms with van der Waals surface area (Å²) < 4.78 is 21.8. The Bertz CT molecular complexity index is 1110. The van der Waals surface area contributed by atoms with E-state index in [0.29, 0.717) is 24.4 Å². The molecular formula is C20H19FN6O2. The van der Waals surface area contributed by atoms with Crippen LogP contribution in [0, 0.1) is 5.82 Å². The molecule has 0 aliphatic rings. The van der Waals surface area contributed by atoms with Crippen molar-refractivity contribution in [1.82, 2.24) is 29.7 Å². The molecule has 1 amide bonds. The zero-order valence-electron chi connectivity index (χ0n) is 15.5. The molecule has 0 saturated heterocycles. The van der Waals surface area contributed by atoms with Crippen LogP contribution in [-0.4, -0.2) is 36.8 Å². The quantitative estimate of drug-likeness (QED) is 0.464. The van der Waals surface area contributed by atoms with Crippen LogP contribution < -0.4 is 10.1 Å². The Balaban J connectivity index is 1.23. The van der Waals surface area contributed by atoms with Crippen molar-refractivity contribution >= 4 is 11.6 Å². The summed E-state index contributed by atoms with van der Waals surface area (Å²) in [7, 11) is 0. The minimum absolute atomic E-state index is 0.124. The van der Waals surface area contributed by atoms with Crippen LogP contribution in [0.1, 0.15) is 22.7 Å². The lowest BCUT2D eigenvalue weighted by Gasteiger charge is -2.06. The summed E-state index contributed by atoms with van der Waals surface area (Å²) >= 11 is 0. The molecule has 0 fully saturated rings. The molecule has 0 unspecified atom stereocenters. The Labute approximate surface area is 165 Å². The average Bonchev–Trinajstić information content (AvgIpc) is 3.38. The van der Waals surface area contributed by atoms with E-state index in [9.17, 15) is 9.18 Å². The molecule has 0 atom stereocenters. The lowest BCUT2D eigenvalue weighted by molar-refractivity contribution is 0.0946. The van der Waals surface area contributed by atoms with Crippen LogP contribution in [0.25, 0.3) is 5.65 Å². The molecule has 0 radical (unpaired) electrons. The van der Waals surface area contributed by atoms with Gasteiger partial charge in [0.25, 0.3) is 5.91 Å². The van der Waals surface area contributed by atoms with Crippen LogP contribution in [0.2, 0.25) is 0 Å². The molecular weight excluding hydrogens is 375 g/mol. The van der Waals surface area contributed by atoms with Crippen molar-refractivity contribution < 1.29 is 13.9 Å². The van der Waals surface area contributed by atoms with Gasteiger partial charge in [-0.2, -0.15) is 5.10 Å². The van der Waals surface area contributed by atoms with Crippen molar-refractivity contribution in [3.05, 3.63) is 78.3 Å². The third-order valence-electron chi connectivity index (χ3n) is 4.30. The van der Waals surface area contributed by atoms with Gasteiger partial charge in [-0.25, -0.2) is 9.07 Å². The monoisotopic (exact) mass is 394 g/mol. The molecule has 9 heteroatoms. The van der Waals surface area contributed by atoms with E-state index in [4.69, 9.17) is 4.74 Å². The zero-order chi connectivity index (χ0) is 20.1. The Morgan fingerprint density at radius 1 is 1.07 bits per heavy atom. The highest BCUT2D eigenvalue weighted by Crippen LogP contribution is 2.11. The second-order valence-corrected chi connectivity index (χ2v) is 6.37. The number of halogens is 1. The fraction of sp³-hybridized carbons (Fsp3) is 0.200. The highest BCUT2D eigenvalue weighted by Gasteiger charge is 2.10. The van der Waals surface area contributed by atoms with E-state index in [1.165, 1.54) is 28.9 Å². The summed E-state index contributed by atoms with van der Waals surface area (Å²) in [6.45, 7) is 0.623. The summed E-state index contributed by atoms with van der Waals surface area (Å²) in [5.74, 6) is 0.801. The van der Waals surface area contributed by atoms with E-state index in [0.717, 1.165) is 17.9 Å². The number of nitrogens with one attached hydrogen (secondary N) is 1. The number of carbonyl (C=O) groups is 1. The lowest BCUT2D eigenvalue weighted by Crippen LogP contribution is -2.25. The highest BCUT2D eigenvalue weighted by atomic mass is 19.1. The number of amides is 1. The largest absolute Gasteiger partial charge is 0.471 e. The van der Waals surface area contributed by atoms with Crippen LogP contribution >= 0.6 is 0 Å². The van der Waals surface area contributed by atoms with Crippen LogP contribution in [0.3, 0.4) is 0 Å². The van der Waals surface area contributed by atoms with Gasteiger partial charge < -0.3 is 10.1 Å². The van der Waals surface area contributed by atoms with E-state index in [1.54, 1.807) is 12.3 Å². The van der Waals surface area contributed by atoms with Gasteiger partial charge in [0.15, 0.2) is 12.4 Å². The second-order valence-electron chi connectivity index (χ2n) is 6.37. The van der Waals surface area contributed by atoms with E-state index < -0.39 is 0 Å². The topological polar surface area (TPSA) is 86.3 Å². The smallest absolute Gasteiger partial charge is 0.271 e. The van der Waals surface area contributed by atoms with Crippen LogP contribution in [0.15, 0.2) is 60.9 Å². The number of hydrogen-bond donors (Lipinski definition) is 1. The second kappa shape index (κ2) is 8.51. The fourth-order valence-corrected chi connectivity index (χ4v) is 2.83. The molecule has 0 aliphatic heterocycles. The minimum atomic E-state index is -0.326. The van der Waals surface area contributed by atoms with Gasteiger partial charge in [-0.05, 0) is 48.9 Å². The Morgan fingerprint density at radius 2 is 1.93 bits per heavy atom. The molecule has 4 rings (SSSR count). The van der Waals surface area contributed by atoms with Crippen molar-refractivity contribution in [2.45, 2.75) is 19.6 Å². The Kier molecular flexibility index (Phi) is 5.46. The first-order valence-corrected chi connectivity index (χ1v) is 9.18. The third-order valence-corrected chi connectivity index (χ3v) is 4.30. The third kappa shape index (κ3) is 4.57. The van der Waals surface area contributed by atoms with Crippen molar-refractivity contribution in [2.24, 2.45) is 0 Å². The standard InChI is InChI=1S/C20H19FN6O2/c21-15-6-8-16(9-7-15)29-14-26-13-10-17(25-26)20(28)22-11-3-5-19-24-23-18-4-1-2-12-27(18)19/h1-2,4,6-10,12-13H,3,5,11,14H2,(H,22,28). The number of rotatable bonds is 8. The van der Waals surface area contributed by atoms with Crippen molar-refractivity contribution in [3.63, 3.8) is 0 Å². The SMILES string of the molecule is O=C(NCCCc1nnc2ccccn12)c1ccn(COc2ccc(F)cc2)n1. The summed E-state index contributed by atoms with van der Waals surface area (Å²) in [4.78, 5) is 12.2. The molecule has 148 valence electrons. The lowest BCUT2D eigenvalue weighted by atomic mass is 10.3. The zero-order valence-corrected chi connectivity index (χ0v) is 15.5. The number of benzene rings is 1. The number of pyridine rings is 1. The molecule has 0 saturated carbocycles. The number of ether oxygens (including phenoxy) is 1. The first kappa shape index (κ1) is 18.6. The number of fused-ring (bicyclic) bond motifs is 1. The number of carbonyl (C=O) groups excluding carboxylic acids is 1. The molecule has 4 aromatic rings. The van der Waals surface area contributed by atoms with E-state index in [2.05, 4.69) is 20.6 Å². The Morgan fingerprint density at radius 3 is 2.79 bits per heavy atom. The van der Waals surface area contributed by atoms with Gasteiger partial charge in [-0.1, -0.05) is 6.07 Å². The van der Waals surface area contributed by atoms with Crippen LogP contribution in [0.5, 0.6) is 5.75 Å². The summed E-state index contributed by atoms with van der Waals surface area (Å²) in [5.41, 5.74) is 1.11. The number of aromatic nitrogens is 5. The molecule has 29 heavy (non-hydrogen) atoms. The first-order chi connectivity index (χ1) is 14.2. The van der Waals surface area contributed by atoms with Crippen LogP contribution in [-0.2, 0) is 13.2 Å². The molecule has 3 aromatic heterocycles. The van der Waals surface area contributed by atoms with E-state index in [-0.39, 0.29) is 18.5 Å². The maximum absolute atomic E-state index is 12.9. The predicted octanol–water partition coefficient (Wildman–Crippen LogP) is 2.46. The van der Waals surface area contributed by atoms with Gasteiger partial charge in [0, 0.05) is 25.4 Å². The number of aryl methyl sites for hydroxylation is 1. The van der Waals surface area contributed by atoms with Gasteiger partial charge in [0.05, 0.1) is 0 Å². The van der Waals surface area contributed by atoms with Crippen molar-refractivity contribution in [2.75, 3.05) is 6.54 Å². The average molecular weight is 394 g/mol. The highest BCUT2D eigenvalue weighted by molar-refractivity contribution is 5.92. The Hall–Kier alpha value is -3.75. The maximum atomic E-state index is 12.9. The van der Waals surface area contributed by atoms with Gasteiger partial charge in [0.2, 0.25) is 0 Å². The molecule has 0 aliphatic carbocycles. The van der Waals surface area contributed by atoms with Crippen molar-refractivity contribution in [3.8, 4) is 5.75 Å². The van der Waals surface area contributed by atoms with Crippen molar-refractivity contribution in [1.29, 1.82) is 0 Å². The predicted molar refractivity (Wildman–Crippen MR) is 103 cm³/mol. The molecule has 1 N–H and O–H groups in total. The fourth-order valence-electron chi connectivity index (χ4n) is 2.83. The van der Waals surface area contributed by atoms with Gasteiger partial charge in [0.1, 0.15) is 23.1 Å². The molecule has 0 bridgehead atoms. The maximum Gasteiger partial charge on any atom is 0.271 e. The van der Waals surface area contributed by atoms with Crippen LogP contribution in [0.4, 0.5) is 4.39 Å². The molecule has 0 spiro atoms. The van der Waals surface area contributed by atoms with E-state index in [1.807, 2.05) is 28.8 Å². The normalized spacial score (nSPS) is 10.9. The van der Waals surface area contributed by atoms with Gasteiger partial charge >= 0.3 is 0 Å². The number of nitrogens with zero attached hydrogens (tertiary/aromatic N) is 5. The number of hydrogen-bond acceptors (Lipinski definition) is 5. The summed E-state index contributed by atoms with van der Waals surface area (Å²) in [6.07, 6.45) is 5.01.